The normalized spacial score (nSPS) is 20.2. The molecule has 0 spiro atoms. The van der Waals surface area contributed by atoms with Crippen molar-refractivity contribution in [2.24, 2.45) is 34.7 Å². The number of nitrogens with zero attached hydrogens (tertiary/aromatic N) is 11. The Bertz CT molecular complexity index is 6720. The molecule has 0 saturated carbocycles. The smallest absolute Gasteiger partial charge is 0.259 e. The van der Waals surface area contributed by atoms with E-state index >= 15 is 0 Å². The van der Waals surface area contributed by atoms with Gasteiger partial charge < -0.3 is 0 Å². The fourth-order valence-electron chi connectivity index (χ4n) is 23.0. The van der Waals surface area contributed by atoms with Crippen LogP contribution in [0.1, 0.15) is 250 Å². The number of halogens is 15. The highest BCUT2D eigenvalue weighted by Crippen LogP contribution is 2.54. The van der Waals surface area contributed by atoms with Gasteiger partial charge in [0.25, 0.3) is 20.4 Å². The molecule has 5 unspecified atom stereocenters. The second-order valence-corrected chi connectivity index (χ2v) is 58.2. The fraction of sp³-hybridized carbons (Fsp3) is 0.481. The molecule has 42 heteroatoms. The van der Waals surface area contributed by atoms with E-state index in [4.69, 9.17) is 123 Å². The van der Waals surface area contributed by atoms with Gasteiger partial charge >= 0.3 is 0 Å². The van der Waals surface area contributed by atoms with E-state index in [0.29, 0.717) is 120 Å². The Kier molecular flexibility index (Phi) is 44.7. The van der Waals surface area contributed by atoms with Crippen molar-refractivity contribution in [3.63, 3.8) is 0 Å². The first-order valence-corrected chi connectivity index (χ1v) is 64.4. The molecule has 10 heterocycles. The third-order valence-electron chi connectivity index (χ3n) is 29.8. The first kappa shape index (κ1) is 125. The van der Waals surface area contributed by atoms with Crippen molar-refractivity contribution in [1.29, 1.82) is 0 Å². The van der Waals surface area contributed by atoms with Crippen LogP contribution in [0.2, 0.25) is 40.2 Å². The lowest BCUT2D eigenvalue weighted by molar-refractivity contribution is 0.246. The maximum atomic E-state index is 12.5. The number of rotatable bonds is 12. The molecule has 0 amide bonds. The summed E-state index contributed by atoms with van der Waals surface area (Å²) in [6.07, 6.45) is 28.4. The highest BCUT2D eigenvalue weighted by Gasteiger charge is 2.45. The van der Waals surface area contributed by atoms with Crippen LogP contribution in [0.5, 0.6) is 0 Å². The van der Waals surface area contributed by atoms with Crippen molar-refractivity contribution in [2.75, 3.05) is 97.8 Å². The number of benzene rings is 5. The molecule has 5 fully saturated rings. The molecule has 22 nitrogen and oxygen atoms in total. The number of hydrogen-bond donors (Lipinski definition) is 1. The molecule has 5 aromatic carbocycles. The van der Waals surface area contributed by atoms with Crippen molar-refractivity contribution < 1.29 is 42.1 Å². The molecule has 5 aliphatic heterocycles. The maximum Gasteiger partial charge on any atom is 0.281 e. The van der Waals surface area contributed by atoms with Crippen molar-refractivity contribution in [3.8, 4) is 0 Å². The number of pyridine rings is 5. The van der Waals surface area contributed by atoms with Crippen molar-refractivity contribution in [3.05, 3.63) is 305 Å². The minimum absolute atomic E-state index is 0. The molecule has 5 saturated heterocycles. The van der Waals surface area contributed by atoms with Crippen LogP contribution in [0, 0.1) is 29.6 Å². The minimum atomic E-state index is -3.66. The van der Waals surface area contributed by atoms with E-state index in [1.54, 1.807) is 44.3 Å². The molecule has 10 aromatic rings. The van der Waals surface area contributed by atoms with Crippen LogP contribution in [0.4, 0.5) is 0 Å². The maximum absolute atomic E-state index is 12.5. The van der Waals surface area contributed by atoms with E-state index in [0.717, 1.165) is 213 Å². The second-order valence-electron chi connectivity index (χ2n) is 38.6. The summed E-state index contributed by atoms with van der Waals surface area (Å²) in [5.41, 5.74) is 23.3. The lowest BCUT2D eigenvalue weighted by atomic mass is 9.77. The third-order valence-corrected chi connectivity index (χ3v) is 42.8. The summed E-state index contributed by atoms with van der Waals surface area (Å²) in [6, 6.07) is 30.3. The molecule has 0 bridgehead atoms. The van der Waals surface area contributed by atoms with Crippen LogP contribution in [-0.4, -0.2) is 191 Å². The monoisotopic (exact) mass is 2720 g/mol. The lowest BCUT2D eigenvalue weighted by Gasteiger charge is -2.37. The van der Waals surface area contributed by atoms with E-state index in [1.807, 2.05) is 73.4 Å². The standard InChI is InChI=1S/C21H23Br2ClN2O2S.C21H24BrCl2N3O2S.C20H21Br2ClN2O2S.C20H21BrCl2N2O2S.C19H20BrCl2N3O2S.5CH4/c1-2-29(27,28)26-7-5-13(6-8-26)20-19-14(10-17(24)11-18(19)23)3-4-15-9-16(22)12-25-21(15)20;1-26(2)30(28,29)27-7-5-13(6-8-27)20-19-14(10-17(23)11-18(19)24)3-4-15-9-16(22)12-25-21(15)20;1-28(26,27)25-6-4-12(5-7-25)19-18-13(9-16(23)10-17(18)22)2-3-14-8-15(21)11-24-20(14)19;1-28(26,27)25-6-4-12(5-7-25)19-18-13(9-16(22)10-17(18)23)2-3-14-8-15(21)11-24-20(14)19;20-14-7-13-2-1-12-8-15(21)9-16(22)17(12)18(19(13)24-10-14)11-3-5-25(6-4-11)28(23,26)27;;;;;/h9-13,20H,2-8H2,1H3;9-13,20H,3-8H2,1-2H3;2*8-12,19H,2-7H2,1H3;7-11,18H,1-6H2,(H2,23,26,27);5*1H4. The van der Waals surface area contributed by atoms with Gasteiger partial charge in [-0.15, -0.1) is 0 Å². The Labute approximate surface area is 976 Å². The Hall–Kier alpha value is -3.00. The first-order chi connectivity index (χ1) is 67.7. The summed E-state index contributed by atoms with van der Waals surface area (Å²) in [4.78, 5) is 24.1. The minimum Gasteiger partial charge on any atom is -0.259 e. The molecule has 10 aliphatic rings. The molecule has 148 heavy (non-hydrogen) atoms. The van der Waals surface area contributed by atoms with E-state index in [9.17, 15) is 42.1 Å². The molecule has 808 valence electrons. The van der Waals surface area contributed by atoms with Gasteiger partial charge in [-0.2, -0.15) is 29.8 Å². The van der Waals surface area contributed by atoms with Gasteiger partial charge in [-0.1, -0.05) is 162 Å². The summed E-state index contributed by atoms with van der Waals surface area (Å²) in [6.45, 7) is 6.86. The van der Waals surface area contributed by atoms with E-state index in [2.05, 4.69) is 154 Å². The number of hydrogen-bond acceptors (Lipinski definition) is 15. The Morgan fingerprint density at radius 3 is 0.723 bits per heavy atom. The van der Waals surface area contributed by atoms with Crippen molar-refractivity contribution >= 4 is 255 Å². The lowest BCUT2D eigenvalue weighted by Crippen LogP contribution is -2.45. The van der Waals surface area contributed by atoms with Gasteiger partial charge in [-0.3, -0.25) is 24.9 Å². The van der Waals surface area contributed by atoms with E-state index in [-0.39, 0.29) is 90.2 Å². The number of sulfonamides is 3. The topological polar surface area (TPSA) is 281 Å². The molecule has 5 atom stereocenters. The van der Waals surface area contributed by atoms with E-state index in [1.165, 1.54) is 76.8 Å². The predicted molar refractivity (Wildman–Crippen MR) is 634 cm³/mol. The van der Waals surface area contributed by atoms with Gasteiger partial charge in [-0.25, -0.2) is 43.3 Å². The van der Waals surface area contributed by atoms with Crippen LogP contribution in [-0.2, 0) is 115 Å². The molecular weight excluding hydrogens is 2600 g/mol. The number of fused-ring (bicyclic) bond motifs is 10. The Balaban J connectivity index is 0.000000174. The van der Waals surface area contributed by atoms with Gasteiger partial charge in [0.05, 0.1) is 46.7 Å². The van der Waals surface area contributed by atoms with Gasteiger partial charge in [0.1, 0.15) is 0 Å². The summed E-state index contributed by atoms with van der Waals surface area (Å²) in [5.74, 6) is 1.93. The molecule has 2 N–H and O–H groups in total. The summed E-state index contributed by atoms with van der Waals surface area (Å²) >= 11 is 77.0. The third kappa shape index (κ3) is 28.9. The highest BCUT2D eigenvalue weighted by molar-refractivity contribution is 9.11. The zero-order chi connectivity index (χ0) is 103. The quantitative estimate of drug-likeness (QED) is 0.119. The van der Waals surface area contributed by atoms with Crippen LogP contribution < -0.4 is 5.14 Å². The highest BCUT2D eigenvalue weighted by atomic mass is 79.9. The molecule has 5 aliphatic carbocycles. The SMILES string of the molecule is C.C.C.C.C.CCS(=O)(=O)N1CCC(C2c3ncc(Br)cc3CCc3cc(Cl)cc(Br)c32)CC1.CN(C)S(=O)(=O)N1CCC(C2c3ncc(Br)cc3CCc3cc(Cl)cc(Cl)c32)CC1.CS(=O)(=O)N1CCC(C2c3ncc(Br)cc3CCc3cc(Cl)cc(Br)c32)CC1.CS(=O)(=O)N1CCC(C2c3ncc(Br)cc3CCc3cc(Cl)cc(Cl)c32)CC1.NS(=O)(=O)N1CCC(C2c3ncc(Br)cc3CCc3cc(Cl)cc(Cl)c32)CC1. The average Bonchev–Trinajstić information content (AvgIpc) is 1.57. The van der Waals surface area contributed by atoms with Crippen molar-refractivity contribution in [2.45, 2.75) is 202 Å². The van der Waals surface area contributed by atoms with Crippen molar-refractivity contribution in [1.82, 2.24) is 50.8 Å². The molecular formula is C106H129Br7Cl8N12O10S5. The van der Waals surface area contributed by atoms with Crippen LogP contribution >= 0.6 is 204 Å². The average molecular weight is 2730 g/mol. The van der Waals surface area contributed by atoms with Gasteiger partial charge in [0.15, 0.2) is 0 Å². The van der Waals surface area contributed by atoms with Crippen LogP contribution in [0.3, 0.4) is 0 Å². The van der Waals surface area contributed by atoms with Gasteiger partial charge in [0.2, 0.25) is 30.1 Å². The van der Waals surface area contributed by atoms with Gasteiger partial charge in [0, 0.05) is 212 Å². The predicted octanol–water partition coefficient (Wildman–Crippen LogP) is 28.1. The van der Waals surface area contributed by atoms with Gasteiger partial charge in [-0.05, 0) is 419 Å². The molecule has 20 rings (SSSR count). The molecule has 5 aromatic heterocycles. The van der Waals surface area contributed by atoms with Crippen LogP contribution in [0.15, 0.2) is 153 Å². The second kappa shape index (κ2) is 52.9. The summed E-state index contributed by atoms with van der Waals surface area (Å²) < 4.78 is 137. The summed E-state index contributed by atoms with van der Waals surface area (Å²) in [5, 5.41) is 10.7. The van der Waals surface area contributed by atoms with E-state index < -0.39 is 50.5 Å². The fourth-order valence-corrected chi connectivity index (χ4v) is 33.9. The Morgan fingerprint density at radius 1 is 0.297 bits per heavy atom. The number of aromatic nitrogens is 5. The Morgan fingerprint density at radius 2 is 0.500 bits per heavy atom. The number of nitrogens with two attached hydrogens (primary N) is 1. The molecule has 0 radical (unpaired) electrons. The summed E-state index contributed by atoms with van der Waals surface area (Å²) in [7, 11) is -13.4. The van der Waals surface area contributed by atoms with Crippen LogP contribution in [0.25, 0.3) is 0 Å². The largest absolute Gasteiger partial charge is 0.281 e. The zero-order valence-electron chi connectivity index (χ0n) is 79.0. The zero-order valence-corrected chi connectivity index (χ0v) is 100. The first-order valence-electron chi connectivity index (χ1n) is 47.6. The number of piperidine rings is 5. The number of aryl methyl sites for hydroxylation is 10.